The molecular formula is C20H30N2O2. The molecule has 2 saturated heterocycles. The molecule has 2 N–H and O–H groups in total. The molecular weight excluding hydrogens is 300 g/mol. The summed E-state index contributed by atoms with van der Waals surface area (Å²) in [5, 5.41) is 6.62. The summed E-state index contributed by atoms with van der Waals surface area (Å²) in [7, 11) is 0. The third-order valence-corrected chi connectivity index (χ3v) is 5.28. The lowest BCUT2D eigenvalue weighted by atomic mass is 9.89. The van der Waals surface area contributed by atoms with Gasteiger partial charge in [0.2, 0.25) is 5.91 Å². The molecule has 2 bridgehead atoms. The van der Waals surface area contributed by atoms with Gasteiger partial charge < -0.3 is 15.4 Å². The Morgan fingerprint density at radius 3 is 2.50 bits per heavy atom. The molecule has 2 fully saturated rings. The summed E-state index contributed by atoms with van der Waals surface area (Å²) >= 11 is 0. The molecule has 1 aromatic rings. The van der Waals surface area contributed by atoms with Crippen molar-refractivity contribution in [2.24, 2.45) is 5.92 Å². The van der Waals surface area contributed by atoms with Crippen molar-refractivity contribution in [3.8, 4) is 5.75 Å². The van der Waals surface area contributed by atoms with Crippen LogP contribution in [0.4, 0.5) is 0 Å². The first-order valence-corrected chi connectivity index (χ1v) is 9.35. The van der Waals surface area contributed by atoms with Gasteiger partial charge in [-0.25, -0.2) is 0 Å². The van der Waals surface area contributed by atoms with Gasteiger partial charge in [-0.1, -0.05) is 26.0 Å². The molecule has 0 radical (unpaired) electrons. The number of fused-ring (bicyclic) bond motifs is 2. The topological polar surface area (TPSA) is 50.4 Å². The standard InChI is InChI=1S/C20H30N2O2/c1-14(2)16-3-7-19(8-4-16)24-10-9-21-20(23)13-15-11-17-5-6-18(12-15)22-17/h3-4,7-8,14-15,17-18,22H,5-6,9-13H2,1-2H3,(H,21,23). The van der Waals surface area contributed by atoms with Crippen LogP contribution in [-0.4, -0.2) is 31.1 Å². The summed E-state index contributed by atoms with van der Waals surface area (Å²) in [5.41, 5.74) is 1.31. The number of ether oxygens (including phenoxy) is 1. The second kappa shape index (κ2) is 8.02. The lowest BCUT2D eigenvalue weighted by molar-refractivity contribution is -0.122. The average Bonchev–Trinajstić information content (AvgIpc) is 2.90. The number of rotatable bonds is 7. The third-order valence-electron chi connectivity index (χ3n) is 5.28. The van der Waals surface area contributed by atoms with Crippen LogP contribution in [0, 0.1) is 5.92 Å². The Balaban J connectivity index is 1.32. The fourth-order valence-corrected chi connectivity index (χ4v) is 3.98. The summed E-state index contributed by atoms with van der Waals surface area (Å²) in [6, 6.07) is 9.51. The second-order valence-corrected chi connectivity index (χ2v) is 7.60. The zero-order chi connectivity index (χ0) is 16.9. The van der Waals surface area contributed by atoms with E-state index in [1.165, 1.54) is 18.4 Å². The van der Waals surface area contributed by atoms with Crippen molar-refractivity contribution >= 4 is 5.91 Å². The largest absolute Gasteiger partial charge is 0.492 e. The molecule has 1 aromatic carbocycles. The summed E-state index contributed by atoms with van der Waals surface area (Å²) in [6.07, 6.45) is 5.54. The van der Waals surface area contributed by atoms with Crippen LogP contribution in [0.2, 0.25) is 0 Å². The van der Waals surface area contributed by atoms with Gasteiger partial charge in [0.1, 0.15) is 12.4 Å². The minimum atomic E-state index is 0.167. The van der Waals surface area contributed by atoms with Gasteiger partial charge in [-0.15, -0.1) is 0 Å². The molecule has 4 heteroatoms. The first-order valence-electron chi connectivity index (χ1n) is 9.35. The Morgan fingerprint density at radius 1 is 1.21 bits per heavy atom. The van der Waals surface area contributed by atoms with Crippen LogP contribution in [0.1, 0.15) is 57.4 Å². The molecule has 3 rings (SSSR count). The van der Waals surface area contributed by atoms with Crippen molar-refractivity contribution in [3.63, 3.8) is 0 Å². The number of hydrogen-bond acceptors (Lipinski definition) is 3. The summed E-state index contributed by atoms with van der Waals surface area (Å²) in [6.45, 7) is 5.45. The van der Waals surface area contributed by atoms with Crippen LogP contribution in [0.5, 0.6) is 5.75 Å². The van der Waals surface area contributed by atoms with Crippen LogP contribution >= 0.6 is 0 Å². The van der Waals surface area contributed by atoms with Gasteiger partial charge in [0.15, 0.2) is 0 Å². The number of carbonyl (C=O) groups is 1. The van der Waals surface area contributed by atoms with Crippen LogP contribution in [0.3, 0.4) is 0 Å². The first-order chi connectivity index (χ1) is 11.6. The number of benzene rings is 1. The molecule has 2 unspecified atom stereocenters. The third kappa shape index (κ3) is 4.73. The normalized spacial score (nSPS) is 25.7. The summed E-state index contributed by atoms with van der Waals surface area (Å²) < 4.78 is 5.70. The molecule has 1 amide bonds. The Kier molecular flexibility index (Phi) is 5.77. The molecule has 4 nitrogen and oxygen atoms in total. The predicted molar refractivity (Wildman–Crippen MR) is 96.3 cm³/mol. The Hall–Kier alpha value is -1.55. The fourth-order valence-electron chi connectivity index (χ4n) is 3.98. The molecule has 24 heavy (non-hydrogen) atoms. The second-order valence-electron chi connectivity index (χ2n) is 7.60. The lowest BCUT2D eigenvalue weighted by Crippen LogP contribution is -2.40. The molecule has 0 aliphatic carbocycles. The van der Waals surface area contributed by atoms with E-state index in [4.69, 9.17) is 4.74 Å². The Bertz CT molecular complexity index is 529. The van der Waals surface area contributed by atoms with E-state index in [0.717, 1.165) is 18.6 Å². The lowest BCUT2D eigenvalue weighted by Gasteiger charge is -2.28. The zero-order valence-electron chi connectivity index (χ0n) is 14.9. The fraction of sp³-hybridized carbons (Fsp3) is 0.650. The minimum absolute atomic E-state index is 0.167. The van der Waals surface area contributed by atoms with Crippen molar-refractivity contribution in [1.29, 1.82) is 0 Å². The van der Waals surface area contributed by atoms with Gasteiger partial charge in [-0.05, 0) is 55.2 Å². The highest BCUT2D eigenvalue weighted by Gasteiger charge is 2.34. The van der Waals surface area contributed by atoms with Crippen molar-refractivity contribution in [2.45, 2.75) is 64.0 Å². The first kappa shape index (κ1) is 17.3. The van der Waals surface area contributed by atoms with E-state index in [2.05, 4.69) is 36.6 Å². The smallest absolute Gasteiger partial charge is 0.220 e. The summed E-state index contributed by atoms with van der Waals surface area (Å²) in [4.78, 5) is 12.1. The quantitative estimate of drug-likeness (QED) is 0.755. The van der Waals surface area contributed by atoms with Gasteiger partial charge in [0.05, 0.1) is 6.54 Å². The molecule has 2 aliphatic heterocycles. The van der Waals surface area contributed by atoms with Gasteiger partial charge in [-0.3, -0.25) is 4.79 Å². The zero-order valence-corrected chi connectivity index (χ0v) is 14.9. The van der Waals surface area contributed by atoms with E-state index >= 15 is 0 Å². The molecule has 0 aromatic heterocycles. The molecule has 2 aliphatic rings. The van der Waals surface area contributed by atoms with E-state index in [-0.39, 0.29) is 5.91 Å². The van der Waals surface area contributed by atoms with Gasteiger partial charge in [-0.2, -0.15) is 0 Å². The highest BCUT2D eigenvalue weighted by atomic mass is 16.5. The molecule has 2 heterocycles. The van der Waals surface area contributed by atoms with Crippen LogP contribution in [-0.2, 0) is 4.79 Å². The Labute approximate surface area is 145 Å². The van der Waals surface area contributed by atoms with E-state index in [9.17, 15) is 4.79 Å². The van der Waals surface area contributed by atoms with Crippen LogP contribution in [0.15, 0.2) is 24.3 Å². The number of amides is 1. The highest BCUT2D eigenvalue weighted by Crippen LogP contribution is 2.32. The maximum absolute atomic E-state index is 12.1. The maximum atomic E-state index is 12.1. The number of hydrogen-bond donors (Lipinski definition) is 2. The SMILES string of the molecule is CC(C)c1ccc(OCCNC(=O)CC2CC3CCC(C2)N3)cc1. The maximum Gasteiger partial charge on any atom is 0.220 e. The number of carbonyl (C=O) groups excluding carboxylic acids is 1. The summed E-state index contributed by atoms with van der Waals surface area (Å²) in [5.74, 6) is 2.11. The van der Waals surface area contributed by atoms with Crippen LogP contribution < -0.4 is 15.4 Å². The number of nitrogens with one attached hydrogen (secondary N) is 2. The Morgan fingerprint density at radius 2 is 1.88 bits per heavy atom. The van der Waals surface area contributed by atoms with Crippen molar-refractivity contribution in [3.05, 3.63) is 29.8 Å². The minimum Gasteiger partial charge on any atom is -0.492 e. The van der Waals surface area contributed by atoms with Gasteiger partial charge in [0, 0.05) is 18.5 Å². The van der Waals surface area contributed by atoms with Gasteiger partial charge in [0.25, 0.3) is 0 Å². The van der Waals surface area contributed by atoms with E-state index in [1.807, 2.05) is 12.1 Å². The monoisotopic (exact) mass is 330 g/mol. The van der Waals surface area contributed by atoms with Gasteiger partial charge >= 0.3 is 0 Å². The van der Waals surface area contributed by atoms with Crippen LogP contribution in [0.25, 0.3) is 0 Å². The molecule has 2 atom stereocenters. The van der Waals surface area contributed by atoms with E-state index < -0.39 is 0 Å². The predicted octanol–water partition coefficient (Wildman–Crippen LogP) is 3.23. The highest BCUT2D eigenvalue weighted by molar-refractivity contribution is 5.76. The van der Waals surface area contributed by atoms with Crippen molar-refractivity contribution < 1.29 is 9.53 Å². The van der Waals surface area contributed by atoms with Crippen molar-refractivity contribution in [1.82, 2.24) is 10.6 Å². The van der Waals surface area contributed by atoms with E-state index in [0.29, 0.717) is 43.5 Å². The molecule has 0 saturated carbocycles. The molecule has 0 spiro atoms. The van der Waals surface area contributed by atoms with Crippen molar-refractivity contribution in [2.75, 3.05) is 13.2 Å². The van der Waals surface area contributed by atoms with E-state index in [1.54, 1.807) is 0 Å². The average molecular weight is 330 g/mol. The molecule has 132 valence electrons. The number of piperidine rings is 1.